The second-order valence-electron chi connectivity index (χ2n) is 6.51. The van der Waals surface area contributed by atoms with Crippen molar-refractivity contribution in [1.29, 1.82) is 0 Å². The number of piperidine rings is 1. The number of hydrogen-bond acceptors (Lipinski definition) is 3. The number of para-hydroxylation sites is 1. The molecule has 1 unspecified atom stereocenters. The summed E-state index contributed by atoms with van der Waals surface area (Å²) in [6.07, 6.45) is 1.85. The topological polar surface area (TPSA) is 35.5 Å². The third kappa shape index (κ3) is 4.57. The van der Waals surface area contributed by atoms with E-state index in [0.717, 1.165) is 38.0 Å². The van der Waals surface area contributed by atoms with Crippen molar-refractivity contribution in [2.24, 2.45) is 0 Å². The van der Waals surface area contributed by atoms with Gasteiger partial charge in [0.2, 0.25) is 0 Å². The quantitative estimate of drug-likeness (QED) is 0.885. The van der Waals surface area contributed by atoms with Gasteiger partial charge in [0.25, 0.3) is 0 Å². The van der Waals surface area contributed by atoms with Crippen LogP contribution in [0.1, 0.15) is 30.1 Å². The van der Waals surface area contributed by atoms with Gasteiger partial charge in [-0.05, 0) is 37.5 Å². The lowest BCUT2D eigenvalue weighted by atomic mass is 10.0. The molecule has 1 aliphatic rings. The lowest BCUT2D eigenvalue weighted by Gasteiger charge is -2.34. The number of β-amino-alcohol motifs (C(OH)–C–C–N with tert-alkyl or cyclic N) is 1. The largest absolute Gasteiger partial charge is 0.387 e. The van der Waals surface area contributed by atoms with Crippen LogP contribution in [0, 0.1) is 6.92 Å². The summed E-state index contributed by atoms with van der Waals surface area (Å²) in [6.45, 7) is 4.86. The molecule has 3 heteroatoms. The highest BCUT2D eigenvalue weighted by Gasteiger charge is 2.21. The molecule has 1 aliphatic heterocycles. The fraction of sp³-hybridized carbons (Fsp3) is 0.400. The van der Waals surface area contributed by atoms with E-state index in [0.29, 0.717) is 6.04 Å². The van der Waals surface area contributed by atoms with Gasteiger partial charge in [0.05, 0.1) is 6.10 Å². The van der Waals surface area contributed by atoms with Gasteiger partial charge in [-0.1, -0.05) is 48.0 Å². The molecule has 0 aromatic heterocycles. The van der Waals surface area contributed by atoms with Crippen LogP contribution in [-0.2, 0) is 0 Å². The standard InChI is InChI=1S/C20H26N2O/c1-16-7-9-17(10-8-16)20(23)15-22-13-11-19(12-14-22)21-18-5-3-2-4-6-18/h2-10,19-21,23H,11-15H2,1H3. The van der Waals surface area contributed by atoms with Gasteiger partial charge < -0.3 is 15.3 Å². The Hall–Kier alpha value is -1.84. The highest BCUT2D eigenvalue weighted by atomic mass is 16.3. The Balaban J connectivity index is 1.46. The molecule has 0 spiro atoms. The molecule has 2 aromatic rings. The maximum atomic E-state index is 10.4. The van der Waals surface area contributed by atoms with Crippen LogP contribution in [0.25, 0.3) is 0 Å². The van der Waals surface area contributed by atoms with E-state index in [4.69, 9.17) is 0 Å². The SMILES string of the molecule is Cc1ccc(C(O)CN2CCC(Nc3ccccc3)CC2)cc1. The number of nitrogens with zero attached hydrogens (tertiary/aromatic N) is 1. The zero-order valence-electron chi connectivity index (χ0n) is 13.8. The van der Waals surface area contributed by atoms with E-state index in [1.54, 1.807) is 0 Å². The summed E-state index contributed by atoms with van der Waals surface area (Å²) in [5, 5.41) is 14.0. The van der Waals surface area contributed by atoms with Crippen molar-refractivity contribution in [3.63, 3.8) is 0 Å². The number of aliphatic hydroxyl groups excluding tert-OH is 1. The highest BCUT2D eigenvalue weighted by molar-refractivity contribution is 5.43. The Morgan fingerprint density at radius 1 is 1.04 bits per heavy atom. The molecule has 3 rings (SSSR count). The van der Waals surface area contributed by atoms with E-state index >= 15 is 0 Å². The van der Waals surface area contributed by atoms with Crippen LogP contribution >= 0.6 is 0 Å². The number of anilines is 1. The van der Waals surface area contributed by atoms with Crippen molar-refractivity contribution in [2.75, 3.05) is 25.0 Å². The second kappa shape index (κ2) is 7.62. The first-order valence-electron chi connectivity index (χ1n) is 8.49. The van der Waals surface area contributed by atoms with Gasteiger partial charge in [-0.25, -0.2) is 0 Å². The number of likely N-dealkylation sites (tertiary alicyclic amines) is 1. The summed E-state index contributed by atoms with van der Waals surface area (Å²) in [5.74, 6) is 0. The zero-order valence-corrected chi connectivity index (χ0v) is 13.8. The Morgan fingerprint density at radius 3 is 2.35 bits per heavy atom. The zero-order chi connectivity index (χ0) is 16.1. The molecular formula is C20H26N2O. The van der Waals surface area contributed by atoms with Gasteiger partial charge in [-0.2, -0.15) is 0 Å². The van der Waals surface area contributed by atoms with E-state index in [2.05, 4.69) is 53.5 Å². The molecule has 0 aliphatic carbocycles. The third-order valence-corrected chi connectivity index (χ3v) is 4.63. The average Bonchev–Trinajstić information content (AvgIpc) is 2.58. The predicted molar refractivity (Wildman–Crippen MR) is 95.7 cm³/mol. The first-order valence-corrected chi connectivity index (χ1v) is 8.49. The molecule has 0 saturated carbocycles. The van der Waals surface area contributed by atoms with Crippen LogP contribution in [-0.4, -0.2) is 35.7 Å². The molecule has 1 atom stereocenters. The fourth-order valence-corrected chi connectivity index (χ4v) is 3.17. The van der Waals surface area contributed by atoms with Gasteiger partial charge in [0.15, 0.2) is 0 Å². The number of benzene rings is 2. The molecule has 0 radical (unpaired) electrons. The van der Waals surface area contributed by atoms with E-state index in [1.807, 2.05) is 18.2 Å². The summed E-state index contributed by atoms with van der Waals surface area (Å²) in [7, 11) is 0. The van der Waals surface area contributed by atoms with E-state index in [9.17, 15) is 5.11 Å². The average molecular weight is 310 g/mol. The Morgan fingerprint density at radius 2 is 1.70 bits per heavy atom. The van der Waals surface area contributed by atoms with Crippen molar-refractivity contribution < 1.29 is 5.11 Å². The maximum absolute atomic E-state index is 10.4. The smallest absolute Gasteiger partial charge is 0.0916 e. The first kappa shape index (κ1) is 16.0. The third-order valence-electron chi connectivity index (χ3n) is 4.63. The van der Waals surface area contributed by atoms with Gasteiger partial charge in [-0.3, -0.25) is 0 Å². The second-order valence-corrected chi connectivity index (χ2v) is 6.51. The monoisotopic (exact) mass is 310 g/mol. The maximum Gasteiger partial charge on any atom is 0.0916 e. The number of nitrogens with one attached hydrogen (secondary N) is 1. The summed E-state index contributed by atoms with van der Waals surface area (Å²) < 4.78 is 0. The van der Waals surface area contributed by atoms with Crippen LogP contribution in [0.2, 0.25) is 0 Å². The Bertz CT molecular complexity index is 589. The Labute approximate surface area is 139 Å². The minimum atomic E-state index is -0.394. The lowest BCUT2D eigenvalue weighted by molar-refractivity contribution is 0.0991. The van der Waals surface area contributed by atoms with Crippen LogP contribution < -0.4 is 5.32 Å². The number of hydrogen-bond donors (Lipinski definition) is 2. The molecule has 2 aromatic carbocycles. The number of aliphatic hydroxyl groups is 1. The molecule has 1 heterocycles. The number of aryl methyl sites for hydroxylation is 1. The van der Waals surface area contributed by atoms with Gasteiger partial charge in [-0.15, -0.1) is 0 Å². The van der Waals surface area contributed by atoms with Crippen LogP contribution in [0.15, 0.2) is 54.6 Å². The predicted octanol–water partition coefficient (Wildman–Crippen LogP) is 3.60. The van der Waals surface area contributed by atoms with Crippen LogP contribution in [0.4, 0.5) is 5.69 Å². The van der Waals surface area contributed by atoms with E-state index < -0.39 is 6.10 Å². The molecule has 1 fully saturated rings. The lowest BCUT2D eigenvalue weighted by Crippen LogP contribution is -2.40. The van der Waals surface area contributed by atoms with Gasteiger partial charge >= 0.3 is 0 Å². The van der Waals surface area contributed by atoms with Crippen molar-refractivity contribution in [1.82, 2.24) is 4.90 Å². The van der Waals surface area contributed by atoms with Crippen LogP contribution in [0.5, 0.6) is 0 Å². The number of rotatable bonds is 5. The summed E-state index contributed by atoms with van der Waals surface area (Å²) >= 11 is 0. The minimum absolute atomic E-state index is 0.394. The van der Waals surface area contributed by atoms with Crippen LogP contribution in [0.3, 0.4) is 0 Å². The highest BCUT2D eigenvalue weighted by Crippen LogP contribution is 2.20. The molecule has 0 amide bonds. The normalized spacial score (nSPS) is 17.8. The van der Waals surface area contributed by atoms with Crippen molar-refractivity contribution in [3.8, 4) is 0 Å². The van der Waals surface area contributed by atoms with E-state index in [1.165, 1.54) is 11.3 Å². The molecule has 2 N–H and O–H groups in total. The summed E-state index contributed by atoms with van der Waals surface area (Å²) in [5.41, 5.74) is 3.44. The van der Waals surface area contributed by atoms with Crippen molar-refractivity contribution >= 4 is 5.69 Å². The summed E-state index contributed by atoms with van der Waals surface area (Å²) in [4.78, 5) is 2.37. The Kier molecular flexibility index (Phi) is 5.31. The minimum Gasteiger partial charge on any atom is -0.387 e. The molecular weight excluding hydrogens is 284 g/mol. The molecule has 122 valence electrons. The fourth-order valence-electron chi connectivity index (χ4n) is 3.17. The van der Waals surface area contributed by atoms with Crippen molar-refractivity contribution in [3.05, 3.63) is 65.7 Å². The van der Waals surface area contributed by atoms with Gasteiger partial charge in [0, 0.05) is 31.4 Å². The molecule has 0 bridgehead atoms. The van der Waals surface area contributed by atoms with Gasteiger partial charge in [0.1, 0.15) is 0 Å². The van der Waals surface area contributed by atoms with Crippen molar-refractivity contribution in [2.45, 2.75) is 31.9 Å². The summed E-state index contributed by atoms with van der Waals surface area (Å²) in [6, 6.07) is 19.1. The first-order chi connectivity index (χ1) is 11.2. The molecule has 23 heavy (non-hydrogen) atoms. The molecule has 1 saturated heterocycles. The van der Waals surface area contributed by atoms with E-state index in [-0.39, 0.29) is 0 Å². The molecule has 3 nitrogen and oxygen atoms in total.